The van der Waals surface area contributed by atoms with Gasteiger partial charge in [0.05, 0.1) is 0 Å². The van der Waals surface area contributed by atoms with Crippen molar-refractivity contribution in [3.05, 3.63) is 101 Å². The van der Waals surface area contributed by atoms with Gasteiger partial charge in [0, 0.05) is 11.1 Å². The van der Waals surface area contributed by atoms with Crippen LogP contribution in [0.5, 0.6) is 5.75 Å². The fourth-order valence-electron chi connectivity index (χ4n) is 2.51. The van der Waals surface area contributed by atoms with Crippen LogP contribution in [0.25, 0.3) is 0 Å². The Morgan fingerprint density at radius 2 is 0.969 bits per heavy atom. The van der Waals surface area contributed by atoms with Gasteiger partial charge in [0.15, 0.2) is 0 Å². The van der Waals surface area contributed by atoms with Crippen LogP contribution in [0.2, 0.25) is 0 Å². The van der Waals surface area contributed by atoms with E-state index in [4.69, 9.17) is 13.8 Å². The quantitative estimate of drug-likeness (QED) is 0.374. The highest BCUT2D eigenvalue weighted by atomic mass is 31.2. The van der Waals surface area contributed by atoms with Crippen molar-refractivity contribution in [2.24, 2.45) is 0 Å². The first-order chi connectivity index (χ1) is 15.2. The lowest BCUT2D eigenvalue weighted by Crippen LogP contribution is -2.28. The van der Waals surface area contributed by atoms with E-state index in [1.165, 1.54) is 0 Å². The van der Waals surface area contributed by atoms with E-state index in [-0.39, 0.29) is 16.9 Å². The Hall–Kier alpha value is -3.45. The van der Waals surface area contributed by atoms with Crippen LogP contribution in [-0.2, 0) is 13.8 Å². The zero-order valence-corrected chi connectivity index (χ0v) is 18.7. The summed E-state index contributed by atoms with van der Waals surface area (Å²) < 4.78 is 28.5. The highest BCUT2D eigenvalue weighted by Gasteiger charge is 2.33. The van der Waals surface area contributed by atoms with E-state index in [1.54, 1.807) is 72.8 Å². The lowest BCUT2D eigenvalue weighted by atomic mass is 10.1. The summed E-state index contributed by atoms with van der Waals surface area (Å²) in [5, 5.41) is 0. The molecule has 0 saturated heterocycles. The molecule has 166 valence electrons. The fraction of sp³-hybridized carbons (Fsp3) is 0.130. The van der Waals surface area contributed by atoms with Crippen LogP contribution in [0.3, 0.4) is 0 Å². The number of carbonyl (C=O) groups is 2. The molecule has 3 rings (SSSR count). The third-order valence-corrected chi connectivity index (χ3v) is 5.43. The van der Waals surface area contributed by atoms with Gasteiger partial charge in [-0.05, 0) is 57.2 Å². The summed E-state index contributed by atoms with van der Waals surface area (Å²) in [4.78, 5) is 24.7. The molecule has 32 heavy (non-hydrogen) atoms. The van der Waals surface area contributed by atoms with Crippen molar-refractivity contribution in [1.82, 2.24) is 11.0 Å². The predicted octanol–water partition coefficient (Wildman–Crippen LogP) is 4.82. The van der Waals surface area contributed by atoms with E-state index in [9.17, 15) is 14.2 Å². The Bertz CT molecular complexity index is 1060. The second-order valence-corrected chi connectivity index (χ2v) is 8.57. The third-order valence-electron chi connectivity index (χ3n) is 4.37. The van der Waals surface area contributed by atoms with Crippen LogP contribution < -0.4 is 15.5 Å². The number of amides is 2. The average Bonchev–Trinajstić information content (AvgIpc) is 2.78. The second-order valence-electron chi connectivity index (χ2n) is 7.13. The van der Waals surface area contributed by atoms with Gasteiger partial charge in [-0.1, -0.05) is 53.1 Å². The van der Waals surface area contributed by atoms with Gasteiger partial charge >= 0.3 is 7.82 Å². The second kappa shape index (κ2) is 10.2. The van der Waals surface area contributed by atoms with Crippen LogP contribution in [0, 0.1) is 20.8 Å². The molecule has 0 heterocycles. The summed E-state index contributed by atoms with van der Waals surface area (Å²) in [5.74, 6) is -1.16. The van der Waals surface area contributed by atoms with Gasteiger partial charge in [-0.3, -0.25) is 9.59 Å². The minimum Gasteiger partial charge on any atom is -0.402 e. The Morgan fingerprint density at radius 1 is 0.625 bits per heavy atom. The molecule has 2 N–H and O–H groups in total. The van der Waals surface area contributed by atoms with Crippen LogP contribution in [-0.4, -0.2) is 11.8 Å². The Morgan fingerprint density at radius 3 is 1.34 bits per heavy atom. The van der Waals surface area contributed by atoms with Crippen molar-refractivity contribution in [3.8, 4) is 5.75 Å². The van der Waals surface area contributed by atoms with Crippen LogP contribution in [0.1, 0.15) is 37.4 Å². The van der Waals surface area contributed by atoms with Crippen molar-refractivity contribution in [2.45, 2.75) is 20.8 Å². The molecule has 0 aliphatic rings. The zero-order valence-electron chi connectivity index (χ0n) is 17.8. The number of hydrogen-bond donors (Lipinski definition) is 2. The standard InChI is InChI=1S/C23H23N2O6P/c1-16-4-10-19(11-5-16)22(26)24-30-32(28,29-21-14-8-18(3)9-15-21)31-25-23(27)20-12-6-17(2)7-13-20/h4-15H,1-3H3,(H,24,26)(H,25,27). The molecule has 3 aromatic rings. The highest BCUT2D eigenvalue weighted by Crippen LogP contribution is 2.47. The Kier molecular flexibility index (Phi) is 7.43. The monoisotopic (exact) mass is 454 g/mol. The minimum absolute atomic E-state index is 0.160. The van der Waals surface area contributed by atoms with Gasteiger partial charge < -0.3 is 4.52 Å². The van der Waals surface area contributed by atoms with E-state index in [0.717, 1.165) is 16.7 Å². The van der Waals surface area contributed by atoms with Crippen molar-refractivity contribution in [3.63, 3.8) is 0 Å². The number of nitrogens with one attached hydrogen (secondary N) is 2. The molecule has 0 saturated carbocycles. The van der Waals surface area contributed by atoms with Gasteiger partial charge in [0.2, 0.25) is 0 Å². The van der Waals surface area contributed by atoms with E-state index in [1.807, 2.05) is 20.8 Å². The first-order valence-corrected chi connectivity index (χ1v) is 11.2. The number of carbonyl (C=O) groups excluding carboxylic acids is 2. The fourth-order valence-corrected chi connectivity index (χ4v) is 3.39. The number of phosphoric acid groups is 1. The molecule has 0 bridgehead atoms. The molecule has 8 nitrogen and oxygen atoms in total. The number of hydroxylamine groups is 2. The molecular weight excluding hydrogens is 431 g/mol. The molecule has 0 unspecified atom stereocenters. The molecule has 0 fully saturated rings. The summed E-state index contributed by atoms with van der Waals surface area (Å²) in [6, 6.07) is 19.9. The van der Waals surface area contributed by atoms with Crippen molar-refractivity contribution < 1.29 is 27.9 Å². The van der Waals surface area contributed by atoms with E-state index in [2.05, 4.69) is 11.0 Å². The lowest BCUT2D eigenvalue weighted by Gasteiger charge is -2.18. The maximum atomic E-state index is 13.2. The first-order valence-electron chi connectivity index (χ1n) is 9.72. The largest absolute Gasteiger partial charge is 0.574 e. The molecular formula is C23H23N2O6P. The maximum Gasteiger partial charge on any atom is 0.574 e. The topological polar surface area (TPSA) is 103 Å². The summed E-state index contributed by atoms with van der Waals surface area (Å²) >= 11 is 0. The van der Waals surface area contributed by atoms with Crippen LogP contribution >= 0.6 is 7.82 Å². The zero-order chi connectivity index (χ0) is 23.1. The number of rotatable bonds is 8. The van der Waals surface area contributed by atoms with Crippen molar-refractivity contribution in [2.75, 3.05) is 0 Å². The summed E-state index contributed by atoms with van der Waals surface area (Å²) in [5.41, 5.74) is 7.57. The number of hydrogen-bond acceptors (Lipinski definition) is 6. The summed E-state index contributed by atoms with van der Waals surface area (Å²) in [6.45, 7) is 5.64. The Labute approximate surface area is 186 Å². The van der Waals surface area contributed by atoms with Crippen LogP contribution in [0.15, 0.2) is 72.8 Å². The van der Waals surface area contributed by atoms with Crippen LogP contribution in [0.4, 0.5) is 0 Å². The van der Waals surface area contributed by atoms with Crippen molar-refractivity contribution >= 4 is 19.6 Å². The van der Waals surface area contributed by atoms with Crippen molar-refractivity contribution in [1.29, 1.82) is 0 Å². The smallest absolute Gasteiger partial charge is 0.402 e. The summed E-state index contributed by atoms with van der Waals surface area (Å²) in [7, 11) is -4.49. The molecule has 3 aromatic carbocycles. The first kappa shape index (κ1) is 23.2. The normalized spacial score (nSPS) is 11.0. The molecule has 9 heteroatoms. The molecule has 0 aliphatic carbocycles. The summed E-state index contributed by atoms with van der Waals surface area (Å²) in [6.07, 6.45) is 0. The maximum absolute atomic E-state index is 13.2. The molecule has 2 amide bonds. The van der Waals surface area contributed by atoms with Gasteiger partial charge in [-0.25, -0.2) is 15.5 Å². The van der Waals surface area contributed by atoms with Gasteiger partial charge in [0.25, 0.3) is 11.8 Å². The predicted molar refractivity (Wildman–Crippen MR) is 119 cm³/mol. The lowest BCUT2D eigenvalue weighted by molar-refractivity contribution is 0.0442. The Balaban J connectivity index is 1.72. The third kappa shape index (κ3) is 6.52. The average molecular weight is 454 g/mol. The molecule has 0 aliphatic heterocycles. The molecule has 0 atom stereocenters. The highest BCUT2D eigenvalue weighted by molar-refractivity contribution is 7.48. The van der Waals surface area contributed by atoms with E-state index >= 15 is 0 Å². The van der Waals surface area contributed by atoms with Gasteiger partial charge in [-0.2, -0.15) is 9.25 Å². The van der Waals surface area contributed by atoms with E-state index in [0.29, 0.717) is 0 Å². The van der Waals surface area contributed by atoms with Gasteiger partial charge in [0.1, 0.15) is 5.75 Å². The minimum atomic E-state index is -4.49. The molecule has 0 spiro atoms. The number of benzene rings is 3. The molecule has 0 aromatic heterocycles. The van der Waals surface area contributed by atoms with Gasteiger partial charge in [-0.15, -0.1) is 0 Å². The number of aryl methyl sites for hydroxylation is 3. The molecule has 0 radical (unpaired) electrons. The SMILES string of the molecule is Cc1ccc(OP(=O)(ONC(=O)c2ccc(C)cc2)ONC(=O)c2ccc(C)cc2)cc1. The van der Waals surface area contributed by atoms with E-state index < -0.39 is 19.6 Å².